The van der Waals surface area contributed by atoms with E-state index in [1.807, 2.05) is 0 Å². The first-order valence-corrected chi connectivity index (χ1v) is 10.5. The molecule has 0 spiro atoms. The number of halogens is 3. The highest BCUT2D eigenvalue weighted by Crippen LogP contribution is 2.26. The summed E-state index contributed by atoms with van der Waals surface area (Å²) in [5.74, 6) is 5.10. The van der Waals surface area contributed by atoms with E-state index in [0.29, 0.717) is 11.1 Å². The number of benzene rings is 1. The molecule has 0 amide bonds. The maximum absolute atomic E-state index is 12.9. The normalized spacial score (nSPS) is 18.2. The maximum atomic E-state index is 12.9. The first-order valence-electron chi connectivity index (χ1n) is 8.81. The Morgan fingerprint density at radius 3 is 2.52 bits per heavy atom. The number of dihydropyridines is 1. The van der Waals surface area contributed by atoms with Crippen LogP contribution in [0.1, 0.15) is 18.5 Å². The Labute approximate surface area is 177 Å². The predicted octanol–water partition coefficient (Wildman–Crippen LogP) is 1.25. The molecule has 1 heterocycles. The quantitative estimate of drug-likeness (QED) is 0.302. The second-order valence-electron chi connectivity index (χ2n) is 6.66. The Balaban J connectivity index is 2.17. The molecule has 2 rings (SSSR count). The minimum Gasteiger partial charge on any atom is -0.384 e. The second-order valence-corrected chi connectivity index (χ2v) is 8.38. The molecule has 168 valence electrons. The zero-order valence-electron chi connectivity index (χ0n) is 16.4. The number of hydrazine groups is 1. The van der Waals surface area contributed by atoms with Gasteiger partial charge in [-0.3, -0.25) is 4.72 Å². The zero-order valence-corrected chi connectivity index (χ0v) is 17.2. The van der Waals surface area contributed by atoms with Crippen LogP contribution in [0.5, 0.6) is 0 Å². The summed E-state index contributed by atoms with van der Waals surface area (Å²) in [6, 6.07) is 4.89. The van der Waals surface area contributed by atoms with Crippen molar-refractivity contribution < 1.29 is 21.6 Å². The number of nitrogens with two attached hydrogens (primary N) is 3. The smallest absolute Gasteiger partial charge is 0.384 e. The highest BCUT2D eigenvalue weighted by Gasteiger charge is 2.39. The van der Waals surface area contributed by atoms with E-state index < -0.39 is 34.0 Å². The van der Waals surface area contributed by atoms with Crippen LogP contribution in [0.25, 0.3) is 0 Å². The van der Waals surface area contributed by atoms with Crippen LogP contribution in [0.3, 0.4) is 0 Å². The van der Waals surface area contributed by atoms with E-state index in [1.165, 1.54) is 24.3 Å². The molecule has 1 aliphatic rings. The van der Waals surface area contributed by atoms with Gasteiger partial charge in [0.2, 0.25) is 10.0 Å². The standard InChI is InChI=1S/C18H22F3N7O2S/c1-11(17(24)28(25)15-4-2-3-14(26-15)18(19,20)21)16(23)12-5-7-13(8-6-12)27-31(29,30)10-9-22/h2-8,14,16,26-27H,10,23-25H2,1H3/b17-11+. The highest BCUT2D eigenvalue weighted by molar-refractivity contribution is 7.92. The molecule has 0 fully saturated rings. The third-order valence-electron chi connectivity index (χ3n) is 4.40. The molecule has 0 saturated carbocycles. The lowest BCUT2D eigenvalue weighted by Crippen LogP contribution is -2.48. The minimum atomic E-state index is -4.50. The third-order valence-corrected chi connectivity index (χ3v) is 5.46. The van der Waals surface area contributed by atoms with E-state index in [1.54, 1.807) is 25.1 Å². The van der Waals surface area contributed by atoms with Crippen molar-refractivity contribution in [1.82, 2.24) is 10.3 Å². The largest absolute Gasteiger partial charge is 0.412 e. The summed E-state index contributed by atoms with van der Waals surface area (Å²) >= 11 is 0. The molecule has 0 saturated heterocycles. The van der Waals surface area contributed by atoms with E-state index >= 15 is 0 Å². The first kappa shape index (κ1) is 24.1. The maximum Gasteiger partial charge on any atom is 0.412 e. The molecule has 1 aliphatic heterocycles. The number of nitriles is 1. The molecule has 2 atom stereocenters. The number of allylic oxidation sites excluding steroid dienone is 2. The van der Waals surface area contributed by atoms with E-state index in [9.17, 15) is 21.6 Å². The Kier molecular flexibility index (Phi) is 7.21. The van der Waals surface area contributed by atoms with E-state index in [4.69, 9.17) is 22.6 Å². The summed E-state index contributed by atoms with van der Waals surface area (Å²) in [6.45, 7) is 1.57. The van der Waals surface area contributed by atoms with E-state index in [-0.39, 0.29) is 17.3 Å². The van der Waals surface area contributed by atoms with Crippen molar-refractivity contribution in [2.75, 3.05) is 10.5 Å². The molecule has 0 bridgehead atoms. The minimum absolute atomic E-state index is 0.0544. The van der Waals surface area contributed by atoms with Gasteiger partial charge in [0.25, 0.3) is 0 Å². The highest BCUT2D eigenvalue weighted by atomic mass is 32.2. The number of nitrogens with zero attached hydrogens (tertiary/aromatic N) is 2. The summed E-state index contributed by atoms with van der Waals surface area (Å²) in [5.41, 5.74) is 13.4. The van der Waals surface area contributed by atoms with E-state index in [2.05, 4.69) is 10.0 Å². The summed E-state index contributed by atoms with van der Waals surface area (Å²) < 4.78 is 64.4. The van der Waals surface area contributed by atoms with Crippen LogP contribution in [-0.4, -0.2) is 31.4 Å². The molecule has 8 N–H and O–H groups in total. The van der Waals surface area contributed by atoms with Gasteiger partial charge in [-0.25, -0.2) is 19.3 Å². The van der Waals surface area contributed by atoms with Gasteiger partial charge in [-0.05, 0) is 36.3 Å². The molecule has 0 aliphatic carbocycles. The van der Waals surface area contributed by atoms with Crippen molar-refractivity contribution in [3.63, 3.8) is 0 Å². The Morgan fingerprint density at radius 1 is 1.35 bits per heavy atom. The molecule has 2 unspecified atom stereocenters. The zero-order chi connectivity index (χ0) is 23.4. The van der Waals surface area contributed by atoms with Gasteiger partial charge in [0.1, 0.15) is 17.7 Å². The number of nitrogens with one attached hydrogen (secondary N) is 2. The number of hydrogen-bond donors (Lipinski definition) is 5. The van der Waals surface area contributed by atoms with Gasteiger partial charge in [0.15, 0.2) is 5.75 Å². The average molecular weight is 457 g/mol. The van der Waals surface area contributed by atoms with Crippen LogP contribution < -0.4 is 27.3 Å². The van der Waals surface area contributed by atoms with E-state index in [0.717, 1.165) is 11.1 Å². The SMILES string of the molecule is C/C(=C(/N)N(N)C1=CC=CC(C(F)(F)F)N1)C(N)c1ccc(NS(=O)(=O)CC#N)cc1. The summed E-state index contributed by atoms with van der Waals surface area (Å²) in [5, 5.41) is 11.6. The van der Waals surface area contributed by atoms with Crippen molar-refractivity contribution in [1.29, 1.82) is 5.26 Å². The van der Waals surface area contributed by atoms with Crippen LogP contribution in [0.2, 0.25) is 0 Å². The van der Waals surface area contributed by atoms with Crippen molar-refractivity contribution in [3.05, 3.63) is 65.3 Å². The van der Waals surface area contributed by atoms with Crippen LogP contribution in [0, 0.1) is 11.3 Å². The number of sulfonamides is 1. The van der Waals surface area contributed by atoms with Crippen molar-refractivity contribution in [2.45, 2.75) is 25.2 Å². The summed E-state index contributed by atoms with van der Waals surface area (Å²) in [7, 11) is -3.78. The van der Waals surface area contributed by atoms with Crippen LogP contribution in [0.15, 0.2) is 59.7 Å². The van der Waals surface area contributed by atoms with Crippen molar-refractivity contribution in [2.24, 2.45) is 17.3 Å². The van der Waals surface area contributed by atoms with Gasteiger partial charge >= 0.3 is 6.18 Å². The molecule has 0 aromatic heterocycles. The fraction of sp³-hybridized carbons (Fsp3) is 0.278. The Bertz CT molecular complexity index is 1040. The Morgan fingerprint density at radius 2 is 1.97 bits per heavy atom. The number of hydrogen-bond acceptors (Lipinski definition) is 8. The van der Waals surface area contributed by atoms with Crippen molar-refractivity contribution >= 4 is 15.7 Å². The number of anilines is 1. The molecule has 1 aromatic carbocycles. The van der Waals surface area contributed by atoms with Gasteiger partial charge in [-0.1, -0.05) is 24.3 Å². The Hall–Kier alpha value is -3.21. The van der Waals surface area contributed by atoms with Gasteiger partial charge < -0.3 is 16.8 Å². The molecule has 9 nitrogen and oxygen atoms in total. The fourth-order valence-electron chi connectivity index (χ4n) is 2.64. The van der Waals surface area contributed by atoms with Gasteiger partial charge in [-0.2, -0.15) is 18.4 Å². The average Bonchev–Trinajstić information content (AvgIpc) is 2.71. The second kappa shape index (κ2) is 9.29. The lowest BCUT2D eigenvalue weighted by atomic mass is 10.0. The van der Waals surface area contributed by atoms with Gasteiger partial charge in [-0.15, -0.1) is 0 Å². The van der Waals surface area contributed by atoms with Crippen LogP contribution in [-0.2, 0) is 10.0 Å². The topological polar surface area (TPSA) is 163 Å². The summed E-state index contributed by atoms with van der Waals surface area (Å²) in [4.78, 5) is 0. The predicted molar refractivity (Wildman–Crippen MR) is 110 cm³/mol. The molecular weight excluding hydrogens is 435 g/mol. The molecular formula is C18H22F3N7O2S. The van der Waals surface area contributed by atoms with Crippen LogP contribution >= 0.6 is 0 Å². The third kappa shape index (κ3) is 6.14. The number of rotatable bonds is 7. The summed E-state index contributed by atoms with van der Waals surface area (Å²) in [6.07, 6.45) is -0.992. The monoisotopic (exact) mass is 457 g/mol. The molecule has 1 aromatic rings. The lowest BCUT2D eigenvalue weighted by Gasteiger charge is -2.31. The van der Waals surface area contributed by atoms with Crippen molar-refractivity contribution in [3.8, 4) is 6.07 Å². The van der Waals surface area contributed by atoms with Crippen LogP contribution in [0.4, 0.5) is 18.9 Å². The fourth-order valence-corrected chi connectivity index (χ4v) is 3.38. The lowest BCUT2D eigenvalue weighted by molar-refractivity contribution is -0.144. The molecule has 13 heteroatoms. The molecule has 31 heavy (non-hydrogen) atoms. The molecule has 0 radical (unpaired) electrons. The first-order chi connectivity index (χ1) is 14.4. The van der Waals surface area contributed by atoms with Gasteiger partial charge in [0.05, 0.1) is 12.1 Å². The van der Waals surface area contributed by atoms with Gasteiger partial charge in [0, 0.05) is 5.69 Å². The number of alkyl halides is 3.